The summed E-state index contributed by atoms with van der Waals surface area (Å²) in [5, 5.41) is 8.10. The van der Waals surface area contributed by atoms with Crippen molar-refractivity contribution in [3.63, 3.8) is 0 Å². The molecule has 0 unspecified atom stereocenters. The van der Waals surface area contributed by atoms with Crippen LogP contribution in [0.4, 0.5) is 5.95 Å². The van der Waals surface area contributed by atoms with Crippen LogP contribution in [0.1, 0.15) is 25.7 Å². The topological polar surface area (TPSA) is 75.9 Å². The number of carbonyl (C=O) groups is 1. The Bertz CT molecular complexity index is 1020. The molecular weight excluding hydrogens is 352 g/mol. The van der Waals surface area contributed by atoms with E-state index in [1.54, 1.807) is 10.9 Å². The van der Waals surface area contributed by atoms with Gasteiger partial charge in [0.25, 0.3) is 0 Å². The van der Waals surface area contributed by atoms with Gasteiger partial charge in [0.1, 0.15) is 0 Å². The Balaban J connectivity index is 1.30. The third-order valence-electron chi connectivity index (χ3n) is 5.82. The zero-order valence-electron chi connectivity index (χ0n) is 16.0. The van der Waals surface area contributed by atoms with Crippen LogP contribution in [0.15, 0.2) is 36.8 Å². The van der Waals surface area contributed by atoms with Gasteiger partial charge in [0.15, 0.2) is 0 Å². The Labute approximate surface area is 163 Å². The fourth-order valence-electron chi connectivity index (χ4n) is 4.01. The van der Waals surface area contributed by atoms with Crippen LogP contribution in [0.5, 0.6) is 0 Å². The van der Waals surface area contributed by atoms with Gasteiger partial charge in [0.2, 0.25) is 11.9 Å². The van der Waals surface area contributed by atoms with Crippen LogP contribution >= 0.6 is 0 Å². The number of nitrogens with one attached hydrogen (secondary N) is 1. The fourth-order valence-corrected chi connectivity index (χ4v) is 4.01. The number of piperidine rings is 1. The first-order valence-electron chi connectivity index (χ1n) is 9.96. The van der Waals surface area contributed by atoms with E-state index in [0.717, 1.165) is 54.0 Å². The lowest BCUT2D eigenvalue weighted by molar-refractivity contribution is -0.121. The van der Waals surface area contributed by atoms with Crippen LogP contribution in [0.3, 0.4) is 0 Å². The molecule has 0 bridgehead atoms. The van der Waals surface area contributed by atoms with Gasteiger partial charge in [0.05, 0.1) is 11.7 Å². The van der Waals surface area contributed by atoms with E-state index in [9.17, 15) is 4.79 Å². The molecule has 1 saturated carbocycles. The molecule has 2 fully saturated rings. The van der Waals surface area contributed by atoms with Crippen molar-refractivity contribution >= 4 is 22.8 Å². The molecule has 7 heteroatoms. The van der Waals surface area contributed by atoms with E-state index in [-0.39, 0.29) is 11.8 Å². The second kappa shape index (κ2) is 6.98. The van der Waals surface area contributed by atoms with Crippen LogP contribution < -0.4 is 5.32 Å². The molecule has 5 rings (SSSR count). The van der Waals surface area contributed by atoms with Crippen LogP contribution in [0.2, 0.25) is 0 Å². The highest BCUT2D eigenvalue weighted by molar-refractivity contribution is 5.92. The molecule has 1 saturated heterocycles. The summed E-state index contributed by atoms with van der Waals surface area (Å²) in [6.07, 6.45) is 10.0. The number of benzene rings is 1. The Morgan fingerprint density at radius 1 is 1.11 bits per heavy atom. The first kappa shape index (κ1) is 17.3. The zero-order valence-corrected chi connectivity index (χ0v) is 16.0. The minimum atomic E-state index is 0.0400. The highest BCUT2D eigenvalue weighted by Crippen LogP contribution is 2.31. The summed E-state index contributed by atoms with van der Waals surface area (Å²) in [7, 11) is 1.90. The van der Waals surface area contributed by atoms with E-state index in [0.29, 0.717) is 5.95 Å². The lowest BCUT2D eigenvalue weighted by Gasteiger charge is -2.31. The number of hydrogen-bond donors (Lipinski definition) is 1. The lowest BCUT2D eigenvalue weighted by atomic mass is 9.96. The predicted molar refractivity (Wildman–Crippen MR) is 108 cm³/mol. The van der Waals surface area contributed by atoms with Gasteiger partial charge >= 0.3 is 0 Å². The number of rotatable bonds is 4. The van der Waals surface area contributed by atoms with Crippen LogP contribution in [0.25, 0.3) is 22.0 Å². The molecule has 1 N–H and O–H groups in total. The third-order valence-corrected chi connectivity index (χ3v) is 5.82. The Morgan fingerprint density at radius 2 is 1.93 bits per heavy atom. The van der Waals surface area contributed by atoms with E-state index >= 15 is 0 Å². The molecule has 0 atom stereocenters. The number of likely N-dealkylation sites (tertiary alicyclic amines) is 1. The Hall–Kier alpha value is -2.80. The molecule has 2 aliphatic rings. The predicted octanol–water partition coefficient (Wildman–Crippen LogP) is 2.84. The summed E-state index contributed by atoms with van der Waals surface area (Å²) in [5.41, 5.74) is 2.90. The van der Waals surface area contributed by atoms with Crippen molar-refractivity contribution in [2.75, 3.05) is 18.4 Å². The van der Waals surface area contributed by atoms with Crippen molar-refractivity contribution in [3.8, 4) is 11.1 Å². The molecule has 0 radical (unpaired) electrons. The molecule has 144 valence electrons. The average molecular weight is 376 g/mol. The summed E-state index contributed by atoms with van der Waals surface area (Å²) in [6.45, 7) is 2.05. The van der Waals surface area contributed by atoms with Gasteiger partial charge in [0, 0.05) is 42.4 Å². The molecule has 2 aromatic heterocycles. The number of aryl methyl sites for hydroxylation is 1. The van der Waals surface area contributed by atoms with Gasteiger partial charge in [-0.15, -0.1) is 0 Å². The molecule has 1 aliphatic heterocycles. The average Bonchev–Trinajstić information content (AvgIpc) is 3.48. The maximum absolute atomic E-state index is 12.7. The van der Waals surface area contributed by atoms with Gasteiger partial charge in [-0.2, -0.15) is 5.10 Å². The second-order valence-electron chi connectivity index (χ2n) is 7.90. The van der Waals surface area contributed by atoms with Crippen molar-refractivity contribution in [2.24, 2.45) is 13.0 Å². The monoisotopic (exact) mass is 376 g/mol. The van der Waals surface area contributed by atoms with Gasteiger partial charge < -0.3 is 4.90 Å². The van der Waals surface area contributed by atoms with Gasteiger partial charge in [-0.1, -0.05) is 12.1 Å². The van der Waals surface area contributed by atoms with Crippen LogP contribution in [-0.2, 0) is 11.8 Å². The summed E-state index contributed by atoms with van der Waals surface area (Å²) >= 11 is 0. The SMILES string of the molecule is Cn1cc(-c2ccc3cnc(NC(=O)C4CCN(C5CC5)CC4)nc3c2)cn1. The zero-order chi connectivity index (χ0) is 19.1. The van der Waals surface area contributed by atoms with Gasteiger partial charge in [-0.3, -0.25) is 14.8 Å². The molecule has 1 amide bonds. The standard InChI is InChI=1S/C21H24N6O/c1-26-13-17(12-23-26)15-2-3-16-11-22-21(24-19(16)10-15)25-20(28)14-6-8-27(9-7-14)18-4-5-18/h2-3,10-14,18H,4-9H2,1H3,(H,22,24,25,28). The van der Waals surface area contributed by atoms with E-state index in [2.05, 4.69) is 25.3 Å². The van der Waals surface area contributed by atoms with Crippen molar-refractivity contribution in [1.29, 1.82) is 0 Å². The van der Waals surface area contributed by atoms with E-state index < -0.39 is 0 Å². The molecule has 7 nitrogen and oxygen atoms in total. The maximum Gasteiger partial charge on any atom is 0.229 e. The number of amides is 1. The van der Waals surface area contributed by atoms with Crippen molar-refractivity contribution in [1.82, 2.24) is 24.6 Å². The van der Waals surface area contributed by atoms with Gasteiger partial charge in [-0.25, -0.2) is 9.97 Å². The van der Waals surface area contributed by atoms with E-state index in [1.807, 2.05) is 37.6 Å². The Morgan fingerprint density at radius 3 is 2.64 bits per heavy atom. The van der Waals surface area contributed by atoms with Crippen LogP contribution in [0, 0.1) is 5.92 Å². The molecule has 1 aromatic carbocycles. The molecule has 3 heterocycles. The molecule has 3 aromatic rings. The highest BCUT2D eigenvalue weighted by Gasteiger charge is 2.33. The summed E-state index contributed by atoms with van der Waals surface area (Å²) in [6, 6.07) is 6.82. The normalized spacial score (nSPS) is 18.5. The van der Waals surface area contributed by atoms with Crippen molar-refractivity contribution in [2.45, 2.75) is 31.7 Å². The quantitative estimate of drug-likeness (QED) is 0.758. The summed E-state index contributed by atoms with van der Waals surface area (Å²) in [4.78, 5) is 24.1. The third kappa shape index (κ3) is 3.49. The first-order chi connectivity index (χ1) is 13.7. The lowest BCUT2D eigenvalue weighted by Crippen LogP contribution is -2.39. The maximum atomic E-state index is 12.7. The molecule has 0 spiro atoms. The second-order valence-corrected chi connectivity index (χ2v) is 7.90. The summed E-state index contributed by atoms with van der Waals surface area (Å²) < 4.78 is 1.78. The van der Waals surface area contributed by atoms with Gasteiger partial charge in [-0.05, 0) is 50.4 Å². The molecule has 28 heavy (non-hydrogen) atoms. The first-order valence-corrected chi connectivity index (χ1v) is 9.96. The number of hydrogen-bond acceptors (Lipinski definition) is 5. The largest absolute Gasteiger partial charge is 0.300 e. The number of fused-ring (bicyclic) bond motifs is 1. The smallest absolute Gasteiger partial charge is 0.229 e. The number of carbonyl (C=O) groups excluding carboxylic acids is 1. The number of nitrogens with zero attached hydrogens (tertiary/aromatic N) is 5. The molecular formula is C21H24N6O. The number of aromatic nitrogens is 4. The fraction of sp³-hybridized carbons (Fsp3) is 0.429. The summed E-state index contributed by atoms with van der Waals surface area (Å²) in [5.74, 6) is 0.472. The Kier molecular flexibility index (Phi) is 4.31. The molecule has 1 aliphatic carbocycles. The minimum absolute atomic E-state index is 0.0400. The van der Waals surface area contributed by atoms with Crippen molar-refractivity contribution in [3.05, 3.63) is 36.8 Å². The van der Waals surface area contributed by atoms with Crippen LogP contribution in [-0.4, -0.2) is 49.7 Å². The highest BCUT2D eigenvalue weighted by atomic mass is 16.2. The van der Waals surface area contributed by atoms with E-state index in [1.165, 1.54) is 12.8 Å². The number of anilines is 1. The minimum Gasteiger partial charge on any atom is -0.300 e. The van der Waals surface area contributed by atoms with E-state index in [4.69, 9.17) is 0 Å². The van der Waals surface area contributed by atoms with Crippen molar-refractivity contribution < 1.29 is 4.79 Å².